The van der Waals surface area contributed by atoms with Crippen LogP contribution < -0.4 is 10.6 Å². The van der Waals surface area contributed by atoms with Crippen molar-refractivity contribution in [3.8, 4) is 0 Å². The van der Waals surface area contributed by atoms with Crippen molar-refractivity contribution in [2.45, 2.75) is 90.1 Å². The van der Waals surface area contributed by atoms with Gasteiger partial charge >= 0.3 is 0 Å². The van der Waals surface area contributed by atoms with E-state index in [2.05, 4.69) is 17.6 Å². The molecule has 1 atom stereocenters. The molecule has 33 heavy (non-hydrogen) atoms. The Morgan fingerprint density at radius 3 is 2.39 bits per heavy atom. The maximum Gasteiger partial charge on any atom is 0.262 e. The first-order valence-corrected chi connectivity index (χ1v) is 12.0. The Morgan fingerprint density at radius 1 is 1.00 bits per heavy atom. The molecule has 1 unspecified atom stereocenters. The van der Waals surface area contributed by atoms with Crippen molar-refractivity contribution in [1.82, 2.24) is 15.5 Å². The van der Waals surface area contributed by atoms with Gasteiger partial charge in [-0.05, 0) is 24.5 Å². The van der Waals surface area contributed by atoms with Crippen molar-refractivity contribution in [2.75, 3.05) is 0 Å². The van der Waals surface area contributed by atoms with Crippen LogP contribution in [-0.2, 0) is 20.9 Å². The topological polar surface area (TPSA) is 113 Å². The number of piperidine rings is 1. The first kappa shape index (κ1) is 24.6. The van der Waals surface area contributed by atoms with Crippen LogP contribution in [0.5, 0.6) is 0 Å². The fourth-order valence-electron chi connectivity index (χ4n) is 4.43. The van der Waals surface area contributed by atoms with E-state index < -0.39 is 29.7 Å². The summed E-state index contributed by atoms with van der Waals surface area (Å²) in [5.74, 6) is -2.24. The normalized spacial score (nSPS) is 17.8. The van der Waals surface area contributed by atoms with E-state index in [1.807, 2.05) is 0 Å². The van der Waals surface area contributed by atoms with Gasteiger partial charge in [0.1, 0.15) is 6.04 Å². The molecule has 0 radical (unpaired) electrons. The molecule has 2 aliphatic rings. The van der Waals surface area contributed by atoms with Crippen LogP contribution in [0.15, 0.2) is 18.2 Å². The Hall–Kier alpha value is -3.03. The van der Waals surface area contributed by atoms with Crippen LogP contribution in [0.4, 0.5) is 0 Å². The molecule has 0 aromatic heterocycles. The summed E-state index contributed by atoms with van der Waals surface area (Å²) in [6, 6.07) is 3.92. The predicted octanol–water partition coefficient (Wildman–Crippen LogP) is 3.23. The van der Waals surface area contributed by atoms with Gasteiger partial charge < -0.3 is 5.32 Å². The number of carbonyl (C=O) groups is 5. The fraction of sp³-hybridized carbons (Fsp3) is 0.560. The minimum absolute atomic E-state index is 0.0749. The Bertz CT molecular complexity index is 927. The third-order valence-corrected chi connectivity index (χ3v) is 6.29. The fourth-order valence-corrected chi connectivity index (χ4v) is 4.43. The molecule has 8 heteroatoms. The van der Waals surface area contributed by atoms with Gasteiger partial charge in [-0.2, -0.15) is 0 Å². The molecule has 1 fully saturated rings. The smallest absolute Gasteiger partial charge is 0.262 e. The molecule has 5 amide bonds. The van der Waals surface area contributed by atoms with Gasteiger partial charge in [0.15, 0.2) is 0 Å². The van der Waals surface area contributed by atoms with Gasteiger partial charge in [0.05, 0.1) is 11.1 Å². The summed E-state index contributed by atoms with van der Waals surface area (Å²) in [5.41, 5.74) is 0.990. The molecule has 2 N–H and O–H groups in total. The van der Waals surface area contributed by atoms with Gasteiger partial charge in [0.25, 0.3) is 11.8 Å². The molecule has 0 aliphatic carbocycles. The first-order valence-electron chi connectivity index (χ1n) is 12.0. The second-order valence-electron chi connectivity index (χ2n) is 8.79. The number of imide groups is 2. The van der Waals surface area contributed by atoms with Crippen LogP contribution in [0.1, 0.15) is 104 Å². The van der Waals surface area contributed by atoms with Crippen LogP contribution in [0.2, 0.25) is 0 Å². The molecule has 2 heterocycles. The van der Waals surface area contributed by atoms with Crippen LogP contribution in [0, 0.1) is 0 Å². The zero-order valence-corrected chi connectivity index (χ0v) is 19.3. The van der Waals surface area contributed by atoms with Crippen LogP contribution in [0.3, 0.4) is 0 Å². The van der Waals surface area contributed by atoms with E-state index in [1.165, 1.54) is 32.1 Å². The quantitative estimate of drug-likeness (QED) is 0.371. The highest BCUT2D eigenvalue weighted by molar-refractivity contribution is 6.24. The van der Waals surface area contributed by atoms with Gasteiger partial charge in [0.2, 0.25) is 17.7 Å². The molecule has 8 nitrogen and oxygen atoms in total. The Balaban J connectivity index is 1.52. The highest BCUT2D eigenvalue weighted by atomic mass is 16.2. The third kappa shape index (κ3) is 6.06. The maximum absolute atomic E-state index is 13.1. The summed E-state index contributed by atoms with van der Waals surface area (Å²) in [6.45, 7) is 2.34. The van der Waals surface area contributed by atoms with Gasteiger partial charge in [0, 0.05) is 19.4 Å². The van der Waals surface area contributed by atoms with Gasteiger partial charge in [-0.25, -0.2) is 0 Å². The van der Waals surface area contributed by atoms with Gasteiger partial charge in [-0.15, -0.1) is 0 Å². The molecular weight excluding hydrogens is 422 g/mol. The van der Waals surface area contributed by atoms with E-state index in [4.69, 9.17) is 0 Å². The summed E-state index contributed by atoms with van der Waals surface area (Å²) in [6.07, 6.45) is 9.85. The van der Waals surface area contributed by atoms with E-state index in [1.54, 1.807) is 18.2 Å². The molecule has 3 rings (SSSR count). The van der Waals surface area contributed by atoms with Crippen molar-refractivity contribution < 1.29 is 24.0 Å². The second-order valence-corrected chi connectivity index (χ2v) is 8.79. The highest BCUT2D eigenvalue weighted by Gasteiger charge is 2.45. The summed E-state index contributed by atoms with van der Waals surface area (Å²) in [7, 11) is 0. The molecule has 1 saturated heterocycles. The Morgan fingerprint density at radius 2 is 1.70 bits per heavy atom. The number of rotatable bonds is 12. The van der Waals surface area contributed by atoms with Crippen LogP contribution in [-0.4, -0.2) is 40.5 Å². The van der Waals surface area contributed by atoms with E-state index in [9.17, 15) is 24.0 Å². The highest BCUT2D eigenvalue weighted by Crippen LogP contribution is 2.29. The number of unbranched alkanes of at least 4 members (excludes halogenated alkanes) is 7. The summed E-state index contributed by atoms with van der Waals surface area (Å²) in [5, 5.41) is 5.04. The number of hydrogen-bond donors (Lipinski definition) is 2. The number of fused-ring (bicyclic) bond motifs is 1. The van der Waals surface area contributed by atoms with Crippen LogP contribution in [0.25, 0.3) is 0 Å². The Labute approximate surface area is 194 Å². The number of hydrogen-bond acceptors (Lipinski definition) is 5. The second kappa shape index (κ2) is 11.7. The molecule has 0 saturated carbocycles. The summed E-state index contributed by atoms with van der Waals surface area (Å²) < 4.78 is 0. The van der Waals surface area contributed by atoms with Crippen molar-refractivity contribution in [2.24, 2.45) is 0 Å². The average Bonchev–Trinajstić information content (AvgIpc) is 3.05. The SMILES string of the molecule is CCCCCCCCCCC(=O)NCc1cccc2c1C(=O)N(C1CCC(=O)NC1=O)C2=O. The molecule has 0 bridgehead atoms. The minimum Gasteiger partial charge on any atom is -0.352 e. The minimum atomic E-state index is -1.00. The maximum atomic E-state index is 13.1. The number of carbonyl (C=O) groups excluding carboxylic acids is 5. The van der Waals surface area contributed by atoms with Gasteiger partial charge in [-0.3, -0.25) is 34.2 Å². The lowest BCUT2D eigenvalue weighted by Gasteiger charge is -2.27. The lowest BCUT2D eigenvalue weighted by molar-refractivity contribution is -0.136. The monoisotopic (exact) mass is 455 g/mol. The summed E-state index contributed by atoms with van der Waals surface area (Å²) in [4.78, 5) is 62.8. The molecular formula is C25H33N3O5. The van der Waals surface area contributed by atoms with Crippen LogP contribution >= 0.6 is 0 Å². The number of amides is 5. The Kier molecular flexibility index (Phi) is 8.74. The predicted molar refractivity (Wildman–Crippen MR) is 122 cm³/mol. The number of benzene rings is 1. The molecule has 0 spiro atoms. The first-order chi connectivity index (χ1) is 15.9. The third-order valence-electron chi connectivity index (χ3n) is 6.29. The van der Waals surface area contributed by atoms with Crippen molar-refractivity contribution in [1.29, 1.82) is 0 Å². The largest absolute Gasteiger partial charge is 0.352 e. The molecule has 2 aliphatic heterocycles. The van der Waals surface area contributed by atoms with E-state index in [-0.39, 0.29) is 36.4 Å². The van der Waals surface area contributed by atoms with E-state index in [0.29, 0.717) is 12.0 Å². The molecule has 1 aromatic rings. The lowest BCUT2D eigenvalue weighted by Crippen LogP contribution is -2.54. The molecule has 178 valence electrons. The standard InChI is InChI=1S/C25H33N3O5/c1-2-3-4-5-6-7-8-9-13-20(29)26-16-17-11-10-12-18-22(17)25(33)28(24(18)32)19-14-15-21(30)27-23(19)31/h10-12,19H,2-9,13-16H2,1H3,(H,26,29)(H,27,30,31). The van der Waals surface area contributed by atoms with E-state index >= 15 is 0 Å². The van der Waals surface area contributed by atoms with Crippen molar-refractivity contribution in [3.05, 3.63) is 34.9 Å². The number of nitrogens with one attached hydrogen (secondary N) is 2. The zero-order valence-electron chi connectivity index (χ0n) is 19.3. The van der Waals surface area contributed by atoms with E-state index in [0.717, 1.165) is 24.2 Å². The van der Waals surface area contributed by atoms with Gasteiger partial charge in [-0.1, -0.05) is 64.0 Å². The molecule has 1 aromatic carbocycles. The van der Waals surface area contributed by atoms with Crippen molar-refractivity contribution >= 4 is 29.5 Å². The summed E-state index contributed by atoms with van der Waals surface area (Å²) >= 11 is 0. The average molecular weight is 456 g/mol. The zero-order chi connectivity index (χ0) is 23.8. The number of nitrogens with zero attached hydrogens (tertiary/aromatic N) is 1. The van der Waals surface area contributed by atoms with Crippen molar-refractivity contribution in [3.63, 3.8) is 0 Å². The lowest BCUT2D eigenvalue weighted by atomic mass is 10.0.